The Morgan fingerprint density at radius 1 is 1.32 bits per heavy atom. The van der Waals surface area contributed by atoms with E-state index in [1.54, 1.807) is 41.3 Å². The topological polar surface area (TPSA) is 110 Å². The first kappa shape index (κ1) is 15.1. The average Bonchev–Trinajstić information content (AvgIpc) is 3.26. The summed E-state index contributed by atoms with van der Waals surface area (Å²) in [6, 6.07) is 5.29. The van der Waals surface area contributed by atoms with Gasteiger partial charge in [-0.25, -0.2) is 9.97 Å². The molecule has 0 spiro atoms. The van der Waals surface area contributed by atoms with Gasteiger partial charge in [0, 0.05) is 18.0 Å². The van der Waals surface area contributed by atoms with Gasteiger partial charge in [0.15, 0.2) is 5.82 Å². The molecule has 0 aliphatic rings. The summed E-state index contributed by atoms with van der Waals surface area (Å²) < 4.78 is 7.18. The molecule has 0 unspecified atom stereocenters. The number of H-pyrrole nitrogens is 1. The van der Waals surface area contributed by atoms with Gasteiger partial charge >= 0.3 is 0 Å². The molecule has 0 fully saturated rings. The highest BCUT2D eigenvalue weighted by Crippen LogP contribution is 2.15. The predicted octanol–water partition coefficient (Wildman–Crippen LogP) is 1.33. The minimum atomic E-state index is -0.202. The number of aromatic amines is 1. The lowest BCUT2D eigenvalue weighted by Crippen LogP contribution is -2.24. The van der Waals surface area contributed by atoms with E-state index in [0.29, 0.717) is 29.5 Å². The van der Waals surface area contributed by atoms with Crippen molar-refractivity contribution in [2.75, 3.05) is 6.61 Å². The fraction of sp³-hybridized carbons (Fsp3) is 0.188. The largest absolute Gasteiger partial charge is 0.475 e. The first-order valence-corrected chi connectivity index (χ1v) is 7.79. The minimum Gasteiger partial charge on any atom is -0.475 e. The fourth-order valence-corrected chi connectivity index (χ4v) is 2.55. The zero-order valence-electron chi connectivity index (χ0n) is 13.4. The molecule has 3 heterocycles. The molecule has 0 aliphatic heterocycles. The Morgan fingerprint density at radius 2 is 2.24 bits per heavy atom. The summed E-state index contributed by atoms with van der Waals surface area (Å²) in [6.45, 7) is 2.59. The number of imidazole rings is 1. The number of amides is 1. The summed E-state index contributed by atoms with van der Waals surface area (Å²) in [5.41, 5.74) is 2.69. The van der Waals surface area contributed by atoms with Gasteiger partial charge in [-0.05, 0) is 25.1 Å². The SMILES string of the molecule is CCOc1nccn2c(CNC(=O)c3ccc4nc[nH]c4c3)nnc12. The third-order valence-corrected chi connectivity index (χ3v) is 3.74. The van der Waals surface area contributed by atoms with Gasteiger partial charge < -0.3 is 15.0 Å². The van der Waals surface area contributed by atoms with Crippen LogP contribution in [0.25, 0.3) is 16.7 Å². The molecule has 1 aromatic carbocycles. The van der Waals surface area contributed by atoms with Crippen molar-refractivity contribution in [2.24, 2.45) is 0 Å². The standard InChI is InChI=1S/C16H15N7O2/c1-2-25-16-14-22-21-13(23(14)6-5-17-16)8-18-15(24)10-3-4-11-12(7-10)20-9-19-11/h3-7,9H,2,8H2,1H3,(H,18,24)(H,19,20). The third-order valence-electron chi connectivity index (χ3n) is 3.74. The average molecular weight is 337 g/mol. The summed E-state index contributed by atoms with van der Waals surface area (Å²) in [5.74, 6) is 0.807. The van der Waals surface area contributed by atoms with Gasteiger partial charge in [-0.3, -0.25) is 9.20 Å². The minimum absolute atomic E-state index is 0.202. The molecule has 4 aromatic rings. The van der Waals surface area contributed by atoms with E-state index in [9.17, 15) is 4.79 Å². The molecule has 4 rings (SSSR count). The second kappa shape index (κ2) is 6.19. The van der Waals surface area contributed by atoms with Crippen molar-refractivity contribution in [3.05, 3.63) is 48.3 Å². The van der Waals surface area contributed by atoms with Crippen LogP contribution in [-0.4, -0.2) is 42.1 Å². The van der Waals surface area contributed by atoms with Crippen molar-refractivity contribution >= 4 is 22.6 Å². The van der Waals surface area contributed by atoms with Crippen LogP contribution < -0.4 is 10.1 Å². The second-order valence-corrected chi connectivity index (χ2v) is 5.29. The lowest BCUT2D eigenvalue weighted by Gasteiger charge is -2.05. The molecular formula is C16H15N7O2. The van der Waals surface area contributed by atoms with E-state index < -0.39 is 0 Å². The molecule has 1 amide bonds. The maximum absolute atomic E-state index is 12.4. The Balaban J connectivity index is 1.53. The summed E-state index contributed by atoms with van der Waals surface area (Å²) in [4.78, 5) is 23.6. The number of rotatable bonds is 5. The summed E-state index contributed by atoms with van der Waals surface area (Å²) in [6.07, 6.45) is 4.94. The Kier molecular flexibility index (Phi) is 3.73. The summed E-state index contributed by atoms with van der Waals surface area (Å²) in [7, 11) is 0. The number of nitrogens with one attached hydrogen (secondary N) is 2. The molecule has 0 saturated heterocycles. The molecular weight excluding hydrogens is 322 g/mol. The van der Waals surface area contributed by atoms with Crippen molar-refractivity contribution in [3.8, 4) is 5.88 Å². The van der Waals surface area contributed by atoms with Crippen LogP contribution in [-0.2, 0) is 6.54 Å². The van der Waals surface area contributed by atoms with Crippen molar-refractivity contribution < 1.29 is 9.53 Å². The van der Waals surface area contributed by atoms with E-state index in [0.717, 1.165) is 11.0 Å². The van der Waals surface area contributed by atoms with E-state index in [-0.39, 0.29) is 12.5 Å². The predicted molar refractivity (Wildman–Crippen MR) is 89.2 cm³/mol. The fourth-order valence-electron chi connectivity index (χ4n) is 2.55. The highest BCUT2D eigenvalue weighted by atomic mass is 16.5. The van der Waals surface area contributed by atoms with Crippen LogP contribution in [0, 0.1) is 0 Å². The van der Waals surface area contributed by atoms with E-state index >= 15 is 0 Å². The van der Waals surface area contributed by atoms with E-state index in [2.05, 4.69) is 30.5 Å². The molecule has 0 aliphatic carbocycles. The molecule has 0 bridgehead atoms. The number of hydrogen-bond donors (Lipinski definition) is 2. The molecule has 3 aromatic heterocycles. The molecule has 9 heteroatoms. The van der Waals surface area contributed by atoms with Crippen molar-refractivity contribution in [1.82, 2.24) is 34.9 Å². The number of ether oxygens (including phenoxy) is 1. The normalized spacial score (nSPS) is 11.1. The van der Waals surface area contributed by atoms with Crippen LogP contribution in [0.2, 0.25) is 0 Å². The molecule has 0 atom stereocenters. The van der Waals surface area contributed by atoms with Gasteiger partial charge in [0.2, 0.25) is 5.65 Å². The molecule has 0 saturated carbocycles. The molecule has 126 valence electrons. The maximum atomic E-state index is 12.4. The number of carbonyl (C=O) groups excluding carboxylic acids is 1. The number of carbonyl (C=O) groups is 1. The Morgan fingerprint density at radius 3 is 3.12 bits per heavy atom. The van der Waals surface area contributed by atoms with Gasteiger partial charge in [0.25, 0.3) is 11.8 Å². The second-order valence-electron chi connectivity index (χ2n) is 5.29. The quantitative estimate of drug-likeness (QED) is 0.568. The van der Waals surface area contributed by atoms with Crippen molar-refractivity contribution in [1.29, 1.82) is 0 Å². The van der Waals surface area contributed by atoms with Gasteiger partial charge in [0.1, 0.15) is 0 Å². The van der Waals surface area contributed by atoms with Crippen LogP contribution in [0.3, 0.4) is 0 Å². The van der Waals surface area contributed by atoms with Crippen LogP contribution >= 0.6 is 0 Å². The van der Waals surface area contributed by atoms with E-state index in [1.165, 1.54) is 0 Å². The number of nitrogens with zero attached hydrogens (tertiary/aromatic N) is 5. The van der Waals surface area contributed by atoms with Crippen molar-refractivity contribution in [2.45, 2.75) is 13.5 Å². The van der Waals surface area contributed by atoms with Gasteiger partial charge in [-0.1, -0.05) is 0 Å². The lowest BCUT2D eigenvalue weighted by molar-refractivity contribution is 0.0950. The zero-order valence-corrected chi connectivity index (χ0v) is 13.4. The molecule has 9 nitrogen and oxygen atoms in total. The summed E-state index contributed by atoms with van der Waals surface area (Å²) in [5, 5.41) is 11.0. The highest BCUT2D eigenvalue weighted by molar-refractivity contribution is 5.97. The molecule has 0 radical (unpaired) electrons. The van der Waals surface area contributed by atoms with Crippen molar-refractivity contribution in [3.63, 3.8) is 0 Å². The first-order chi connectivity index (χ1) is 12.3. The van der Waals surface area contributed by atoms with Gasteiger partial charge in [-0.15, -0.1) is 10.2 Å². The third kappa shape index (κ3) is 2.75. The number of fused-ring (bicyclic) bond motifs is 2. The van der Waals surface area contributed by atoms with Crippen LogP contribution in [0.5, 0.6) is 5.88 Å². The highest BCUT2D eigenvalue weighted by Gasteiger charge is 2.13. The Bertz CT molecular complexity index is 1050. The first-order valence-electron chi connectivity index (χ1n) is 7.79. The molecule has 25 heavy (non-hydrogen) atoms. The Hall–Kier alpha value is -3.49. The number of aromatic nitrogens is 6. The molecule has 2 N–H and O–H groups in total. The van der Waals surface area contributed by atoms with Gasteiger partial charge in [0.05, 0.1) is 30.5 Å². The zero-order chi connectivity index (χ0) is 17.2. The van der Waals surface area contributed by atoms with Crippen LogP contribution in [0.4, 0.5) is 0 Å². The lowest BCUT2D eigenvalue weighted by atomic mass is 10.2. The monoisotopic (exact) mass is 337 g/mol. The Labute approximate surface area is 142 Å². The number of hydrogen-bond acceptors (Lipinski definition) is 6. The van der Waals surface area contributed by atoms with Crippen LogP contribution in [0.15, 0.2) is 36.9 Å². The smallest absolute Gasteiger partial charge is 0.260 e. The maximum Gasteiger partial charge on any atom is 0.260 e. The van der Waals surface area contributed by atoms with E-state index in [1.807, 2.05) is 6.92 Å². The number of benzene rings is 1. The summed E-state index contributed by atoms with van der Waals surface area (Å²) >= 11 is 0. The van der Waals surface area contributed by atoms with Crippen LogP contribution in [0.1, 0.15) is 23.1 Å². The van der Waals surface area contributed by atoms with E-state index in [4.69, 9.17) is 4.74 Å². The van der Waals surface area contributed by atoms with Gasteiger partial charge in [-0.2, -0.15) is 0 Å².